The third kappa shape index (κ3) is 2.46. The number of carbonyl (C=O) groups is 1. The predicted octanol–water partition coefficient (Wildman–Crippen LogP) is 0.478. The standard InChI is InChI=1S/C10H11NO4/c1-14-9(12)8(10(13)15-2)11-6-4-3-5-7-11/h3-7H,1-2H3/p+1/i4D,5D,6D,7D. The third-order valence-corrected chi connectivity index (χ3v) is 1.50. The molecule has 0 aromatic carbocycles. The van der Waals surface area contributed by atoms with Gasteiger partial charge in [0.15, 0.2) is 12.3 Å². The molecule has 5 heteroatoms. The van der Waals surface area contributed by atoms with Crippen LogP contribution in [0.15, 0.2) is 36.4 Å². The Kier molecular flexibility index (Phi) is 2.15. The van der Waals surface area contributed by atoms with E-state index in [4.69, 9.17) is 5.48 Å². The van der Waals surface area contributed by atoms with E-state index in [-0.39, 0.29) is 12.1 Å². The van der Waals surface area contributed by atoms with Crippen LogP contribution in [0.5, 0.6) is 0 Å². The van der Waals surface area contributed by atoms with Gasteiger partial charge in [0.1, 0.15) is 2.74 Å². The molecule has 1 heterocycles. The van der Waals surface area contributed by atoms with E-state index in [0.717, 1.165) is 20.3 Å². The van der Waals surface area contributed by atoms with Crippen LogP contribution in [0.25, 0.3) is 5.70 Å². The summed E-state index contributed by atoms with van der Waals surface area (Å²) in [6.45, 7) is 0. The Morgan fingerprint density at radius 3 is 2.40 bits per heavy atom. The monoisotopic (exact) mass is 214 g/mol. The molecule has 0 fully saturated rings. The van der Waals surface area contributed by atoms with E-state index in [1.807, 2.05) is 0 Å². The fourth-order valence-electron chi connectivity index (χ4n) is 0.837. The van der Waals surface area contributed by atoms with Crippen molar-refractivity contribution in [2.75, 3.05) is 14.2 Å². The molecule has 15 heavy (non-hydrogen) atoms. The molecule has 0 radical (unpaired) electrons. The zero-order valence-corrected chi connectivity index (χ0v) is 8.20. The number of aromatic nitrogens is 1. The van der Waals surface area contributed by atoms with E-state index in [1.54, 1.807) is 0 Å². The topological polar surface area (TPSA) is 59.6 Å². The molecule has 0 saturated carbocycles. The van der Waals surface area contributed by atoms with E-state index in [0.29, 0.717) is 4.57 Å². The summed E-state index contributed by atoms with van der Waals surface area (Å²) in [7, 11) is 2.13. The van der Waals surface area contributed by atoms with Crippen molar-refractivity contribution in [1.29, 1.82) is 0 Å². The zero-order chi connectivity index (χ0) is 14.7. The van der Waals surface area contributed by atoms with Crippen molar-refractivity contribution in [2.24, 2.45) is 0 Å². The molecule has 0 bridgehead atoms. The summed E-state index contributed by atoms with van der Waals surface area (Å²) in [5, 5.41) is 9.55. The molecule has 0 saturated heterocycles. The summed E-state index contributed by atoms with van der Waals surface area (Å²) < 4.78 is 39.8. The van der Waals surface area contributed by atoms with Gasteiger partial charge in [-0.15, -0.1) is 0 Å². The average Bonchev–Trinajstić information content (AvgIpc) is 2.39. The van der Waals surface area contributed by atoms with Gasteiger partial charge in [-0.1, -0.05) is 6.07 Å². The normalized spacial score (nSPS) is 15.3. The van der Waals surface area contributed by atoms with Gasteiger partial charge in [0.25, 0.3) is 0 Å². The van der Waals surface area contributed by atoms with Crippen molar-refractivity contribution < 1.29 is 29.4 Å². The first-order chi connectivity index (χ1) is 8.84. The zero-order valence-electron chi connectivity index (χ0n) is 12.2. The molecule has 0 aliphatic carbocycles. The molecule has 0 atom stereocenters. The lowest BCUT2D eigenvalue weighted by Gasteiger charge is -2.01. The van der Waals surface area contributed by atoms with Gasteiger partial charge in [0, 0.05) is 12.1 Å². The quantitative estimate of drug-likeness (QED) is 0.344. The van der Waals surface area contributed by atoms with Crippen LogP contribution >= 0.6 is 0 Å². The van der Waals surface area contributed by atoms with Crippen LogP contribution in [0.1, 0.15) is 5.48 Å². The van der Waals surface area contributed by atoms with Gasteiger partial charge in [0.2, 0.25) is 0 Å². The SMILES string of the molecule is [2H]c1cc([2H])c([2H])[n+](/C(C(=O)OC)=C(\O)OC)c1[2H]. The maximum atomic E-state index is 11.6. The van der Waals surface area contributed by atoms with Gasteiger partial charge in [-0.25, -0.2) is 4.79 Å². The number of esters is 1. The average molecular weight is 214 g/mol. The Morgan fingerprint density at radius 1 is 1.33 bits per heavy atom. The molecule has 1 aromatic rings. The Hall–Kier alpha value is -2.04. The number of methoxy groups -OCH3 is 2. The number of rotatable bonds is 3. The number of pyridine rings is 1. The molecule has 0 unspecified atom stereocenters. The van der Waals surface area contributed by atoms with Crippen LogP contribution in [-0.2, 0) is 14.3 Å². The van der Waals surface area contributed by atoms with Gasteiger partial charge >= 0.3 is 17.6 Å². The number of hydrogen-bond acceptors (Lipinski definition) is 4. The number of aliphatic hydroxyl groups excluding tert-OH is 1. The van der Waals surface area contributed by atoms with Gasteiger partial charge in [-0.3, -0.25) is 0 Å². The van der Waals surface area contributed by atoms with Crippen LogP contribution < -0.4 is 4.57 Å². The van der Waals surface area contributed by atoms with Crippen molar-refractivity contribution in [2.45, 2.75) is 0 Å². The van der Waals surface area contributed by atoms with E-state index in [2.05, 4.69) is 9.47 Å². The maximum absolute atomic E-state index is 11.6. The summed E-state index contributed by atoms with van der Waals surface area (Å²) in [6.07, 6.45) is -1.10. The number of aliphatic hydroxyl groups is 1. The van der Waals surface area contributed by atoms with Gasteiger partial charge in [-0.05, 0) is 0 Å². The Bertz CT molecular complexity index is 533. The summed E-state index contributed by atoms with van der Waals surface area (Å²) in [4.78, 5) is 11.6. The third-order valence-electron chi connectivity index (χ3n) is 1.50. The Morgan fingerprint density at radius 2 is 1.93 bits per heavy atom. The fourth-order valence-corrected chi connectivity index (χ4v) is 0.837. The minimum atomic E-state index is -1.06. The second-order valence-corrected chi connectivity index (χ2v) is 2.34. The lowest BCUT2D eigenvalue weighted by molar-refractivity contribution is -0.581. The van der Waals surface area contributed by atoms with Crippen LogP contribution in [0.4, 0.5) is 0 Å². The van der Waals surface area contributed by atoms with E-state index >= 15 is 0 Å². The molecule has 1 rings (SSSR count). The molecule has 0 aliphatic rings. The lowest BCUT2D eigenvalue weighted by Crippen LogP contribution is -2.37. The summed E-state index contributed by atoms with van der Waals surface area (Å²) in [5.41, 5.74) is -0.636. The maximum Gasteiger partial charge on any atom is 0.411 e. The first-order valence-corrected chi connectivity index (χ1v) is 3.90. The van der Waals surface area contributed by atoms with Crippen molar-refractivity contribution in [3.8, 4) is 0 Å². The number of carbonyl (C=O) groups excluding carboxylic acids is 1. The fraction of sp³-hybridized carbons (Fsp3) is 0.200. The Balaban J connectivity index is 3.71. The first-order valence-electron chi connectivity index (χ1n) is 5.90. The van der Waals surface area contributed by atoms with Crippen LogP contribution in [-0.4, -0.2) is 25.3 Å². The summed E-state index contributed by atoms with van der Waals surface area (Å²) in [6, 6.07) is 0.220. The Labute approximate surface area is 92.8 Å². The van der Waals surface area contributed by atoms with Gasteiger partial charge < -0.3 is 14.6 Å². The largest absolute Gasteiger partial charge is 0.476 e. The molecule has 1 aromatic heterocycles. The highest BCUT2D eigenvalue weighted by Gasteiger charge is 2.27. The highest BCUT2D eigenvalue weighted by molar-refractivity contribution is 6.06. The van der Waals surface area contributed by atoms with Crippen LogP contribution in [0.3, 0.4) is 0 Å². The number of ether oxygens (including phenoxy) is 2. The number of hydrogen-bond donors (Lipinski definition) is 1. The highest BCUT2D eigenvalue weighted by atomic mass is 16.6. The molecule has 80 valence electrons. The molecule has 0 spiro atoms. The summed E-state index contributed by atoms with van der Waals surface area (Å²) in [5.74, 6) is -1.93. The van der Waals surface area contributed by atoms with E-state index in [1.165, 1.54) is 0 Å². The molecule has 5 nitrogen and oxygen atoms in total. The van der Waals surface area contributed by atoms with Crippen molar-refractivity contribution in [3.05, 3.63) is 36.4 Å². The van der Waals surface area contributed by atoms with Crippen LogP contribution in [0, 0.1) is 0 Å². The first kappa shape index (κ1) is 6.44. The van der Waals surface area contributed by atoms with Crippen molar-refractivity contribution in [3.63, 3.8) is 0 Å². The molecule has 0 aliphatic heterocycles. The molecular formula is C10H12NO4+. The minimum absolute atomic E-state index is 0.383. The van der Waals surface area contributed by atoms with Crippen molar-refractivity contribution in [1.82, 2.24) is 0 Å². The van der Waals surface area contributed by atoms with E-state index in [9.17, 15) is 9.90 Å². The van der Waals surface area contributed by atoms with Crippen molar-refractivity contribution >= 4 is 11.7 Å². The number of nitrogens with zero attached hydrogens (tertiary/aromatic N) is 1. The molecular weight excluding hydrogens is 198 g/mol. The van der Waals surface area contributed by atoms with Gasteiger partial charge in [0.05, 0.1) is 17.0 Å². The van der Waals surface area contributed by atoms with Gasteiger partial charge in [-0.2, -0.15) is 4.57 Å². The summed E-state index contributed by atoms with van der Waals surface area (Å²) >= 11 is 0. The van der Waals surface area contributed by atoms with Crippen LogP contribution in [0.2, 0.25) is 0 Å². The molecule has 1 N–H and O–H groups in total. The predicted molar refractivity (Wildman–Crippen MR) is 51.5 cm³/mol. The highest BCUT2D eigenvalue weighted by Crippen LogP contribution is 2.03. The van der Waals surface area contributed by atoms with E-state index < -0.39 is 30.0 Å². The molecule has 0 amide bonds. The second kappa shape index (κ2) is 4.99. The smallest absolute Gasteiger partial charge is 0.411 e. The second-order valence-electron chi connectivity index (χ2n) is 2.34. The minimum Gasteiger partial charge on any atom is -0.476 e. The lowest BCUT2D eigenvalue weighted by atomic mass is 10.4.